The van der Waals surface area contributed by atoms with Crippen LogP contribution in [0.4, 0.5) is 9.52 Å². The summed E-state index contributed by atoms with van der Waals surface area (Å²) in [5.41, 5.74) is 1.25. The van der Waals surface area contributed by atoms with Crippen LogP contribution in [0.25, 0.3) is 11.0 Å². The van der Waals surface area contributed by atoms with Gasteiger partial charge < -0.3 is 9.73 Å². The number of nitrogens with one attached hydrogen (secondary N) is 2. The van der Waals surface area contributed by atoms with E-state index in [1.165, 1.54) is 35.7 Å². The van der Waals surface area contributed by atoms with Crippen molar-refractivity contribution in [2.45, 2.75) is 19.9 Å². The first-order valence-corrected chi connectivity index (χ1v) is 8.03. The SMILES string of the molecule is Cc1c([C@@H](C)NC(=O)C(=O)Nc2nccs2)oc2ccc(F)cc12. The second-order valence-corrected chi connectivity index (χ2v) is 6.11. The van der Waals surface area contributed by atoms with E-state index in [-0.39, 0.29) is 5.82 Å². The number of aromatic nitrogens is 1. The number of carbonyl (C=O) groups excluding carboxylic acids is 2. The first-order valence-electron chi connectivity index (χ1n) is 7.15. The Hall–Kier alpha value is -2.74. The monoisotopic (exact) mass is 347 g/mol. The molecular formula is C16H14FN3O3S. The standard InChI is InChI=1S/C16H14FN3O3S/c1-8-11-7-10(17)3-4-12(11)23-13(8)9(2)19-14(21)15(22)20-16-18-5-6-24-16/h3-7,9H,1-2H3,(H,19,21)(H,18,20,22)/t9-/m1/s1. The van der Waals surface area contributed by atoms with E-state index >= 15 is 0 Å². The minimum absolute atomic E-state index is 0.346. The number of amides is 2. The van der Waals surface area contributed by atoms with Crippen LogP contribution in [0.15, 0.2) is 34.2 Å². The van der Waals surface area contributed by atoms with E-state index in [4.69, 9.17) is 4.42 Å². The summed E-state index contributed by atoms with van der Waals surface area (Å²) in [6.07, 6.45) is 1.53. The van der Waals surface area contributed by atoms with E-state index in [0.717, 1.165) is 5.56 Å². The number of aryl methyl sites for hydroxylation is 1. The van der Waals surface area contributed by atoms with Gasteiger partial charge in [-0.1, -0.05) is 0 Å². The van der Waals surface area contributed by atoms with Gasteiger partial charge in [0.1, 0.15) is 17.2 Å². The molecule has 2 aromatic heterocycles. The van der Waals surface area contributed by atoms with Gasteiger partial charge in [-0.25, -0.2) is 9.37 Å². The summed E-state index contributed by atoms with van der Waals surface area (Å²) < 4.78 is 19.0. The van der Waals surface area contributed by atoms with Crippen molar-refractivity contribution in [3.05, 3.63) is 46.9 Å². The van der Waals surface area contributed by atoms with Gasteiger partial charge in [0.25, 0.3) is 0 Å². The highest BCUT2D eigenvalue weighted by Gasteiger charge is 2.22. The Morgan fingerprint density at radius 1 is 1.33 bits per heavy atom. The maximum atomic E-state index is 13.4. The minimum atomic E-state index is -0.809. The molecule has 2 heterocycles. The van der Waals surface area contributed by atoms with Gasteiger partial charge in [0, 0.05) is 22.5 Å². The molecule has 0 saturated heterocycles. The van der Waals surface area contributed by atoms with Crippen molar-refractivity contribution in [2.24, 2.45) is 0 Å². The van der Waals surface area contributed by atoms with Crippen LogP contribution >= 0.6 is 11.3 Å². The van der Waals surface area contributed by atoms with Gasteiger partial charge in [-0.05, 0) is 32.0 Å². The van der Waals surface area contributed by atoms with Gasteiger partial charge >= 0.3 is 11.8 Å². The summed E-state index contributed by atoms with van der Waals surface area (Å²) in [7, 11) is 0. The molecule has 6 nitrogen and oxygen atoms in total. The lowest BCUT2D eigenvalue weighted by Crippen LogP contribution is -2.36. The van der Waals surface area contributed by atoms with Crippen LogP contribution in [-0.4, -0.2) is 16.8 Å². The molecule has 1 aromatic carbocycles. The Labute approximate surface area is 140 Å². The molecule has 0 aliphatic heterocycles. The molecule has 8 heteroatoms. The third-order valence-corrected chi connectivity index (χ3v) is 4.22. The zero-order valence-electron chi connectivity index (χ0n) is 12.9. The van der Waals surface area contributed by atoms with Crippen LogP contribution in [0.1, 0.15) is 24.3 Å². The second-order valence-electron chi connectivity index (χ2n) is 5.22. The largest absolute Gasteiger partial charge is 0.459 e. The van der Waals surface area contributed by atoms with E-state index in [1.54, 1.807) is 19.2 Å². The van der Waals surface area contributed by atoms with Crippen LogP contribution in [-0.2, 0) is 9.59 Å². The summed E-state index contributed by atoms with van der Waals surface area (Å²) in [5.74, 6) is -1.50. The summed E-state index contributed by atoms with van der Waals surface area (Å²) in [6.45, 7) is 3.47. The Morgan fingerprint density at radius 3 is 2.83 bits per heavy atom. The van der Waals surface area contributed by atoms with Gasteiger partial charge in [-0.15, -0.1) is 11.3 Å². The first kappa shape index (κ1) is 16.1. The summed E-state index contributed by atoms with van der Waals surface area (Å²) in [6, 6.07) is 3.67. The number of halogens is 1. The Morgan fingerprint density at radius 2 is 2.12 bits per heavy atom. The van der Waals surface area contributed by atoms with E-state index in [1.807, 2.05) is 0 Å². The molecule has 2 N–H and O–H groups in total. The summed E-state index contributed by atoms with van der Waals surface area (Å²) in [5, 5.41) is 7.64. The lowest BCUT2D eigenvalue weighted by molar-refractivity contribution is -0.136. The normalized spacial score (nSPS) is 12.1. The Bertz CT molecular complexity index is 905. The molecule has 3 rings (SSSR count). The van der Waals surface area contributed by atoms with Crippen LogP contribution in [0, 0.1) is 12.7 Å². The molecule has 0 radical (unpaired) electrons. The Balaban J connectivity index is 1.74. The highest BCUT2D eigenvalue weighted by atomic mass is 32.1. The predicted octanol–water partition coefficient (Wildman–Crippen LogP) is 3.15. The number of nitrogens with zero attached hydrogens (tertiary/aromatic N) is 1. The molecule has 0 bridgehead atoms. The fraction of sp³-hybridized carbons (Fsp3) is 0.188. The molecule has 0 unspecified atom stereocenters. The lowest BCUT2D eigenvalue weighted by Gasteiger charge is -2.11. The molecule has 1 atom stereocenters. The van der Waals surface area contributed by atoms with Gasteiger partial charge in [0.2, 0.25) is 0 Å². The van der Waals surface area contributed by atoms with Crippen molar-refractivity contribution in [1.29, 1.82) is 0 Å². The number of hydrogen-bond acceptors (Lipinski definition) is 5. The van der Waals surface area contributed by atoms with E-state index in [0.29, 0.717) is 21.9 Å². The van der Waals surface area contributed by atoms with E-state index in [2.05, 4.69) is 15.6 Å². The molecule has 2 amide bonds. The summed E-state index contributed by atoms with van der Waals surface area (Å²) in [4.78, 5) is 27.7. The molecular weight excluding hydrogens is 333 g/mol. The third-order valence-electron chi connectivity index (χ3n) is 3.54. The second kappa shape index (κ2) is 6.40. The van der Waals surface area contributed by atoms with E-state index in [9.17, 15) is 14.0 Å². The van der Waals surface area contributed by atoms with Crippen LogP contribution in [0.3, 0.4) is 0 Å². The summed E-state index contributed by atoms with van der Waals surface area (Å²) >= 11 is 1.21. The van der Waals surface area contributed by atoms with Gasteiger partial charge in [-0.2, -0.15) is 0 Å². The van der Waals surface area contributed by atoms with E-state index < -0.39 is 17.9 Å². The van der Waals surface area contributed by atoms with Gasteiger partial charge in [-0.3, -0.25) is 14.9 Å². The highest BCUT2D eigenvalue weighted by Crippen LogP contribution is 2.29. The van der Waals surface area contributed by atoms with Crippen molar-refractivity contribution in [1.82, 2.24) is 10.3 Å². The zero-order chi connectivity index (χ0) is 17.3. The average molecular weight is 347 g/mol. The topological polar surface area (TPSA) is 84.2 Å². The third kappa shape index (κ3) is 3.13. The molecule has 0 saturated carbocycles. The fourth-order valence-electron chi connectivity index (χ4n) is 2.39. The van der Waals surface area contributed by atoms with Gasteiger partial charge in [0.15, 0.2) is 5.13 Å². The number of carbonyl (C=O) groups is 2. The fourth-order valence-corrected chi connectivity index (χ4v) is 2.92. The average Bonchev–Trinajstić information content (AvgIpc) is 3.16. The number of benzene rings is 1. The highest BCUT2D eigenvalue weighted by molar-refractivity contribution is 7.13. The smallest absolute Gasteiger partial charge is 0.315 e. The minimum Gasteiger partial charge on any atom is -0.459 e. The number of fused-ring (bicyclic) bond motifs is 1. The quantitative estimate of drug-likeness (QED) is 0.713. The number of anilines is 1. The van der Waals surface area contributed by atoms with Crippen LogP contribution < -0.4 is 10.6 Å². The van der Waals surface area contributed by atoms with Crippen molar-refractivity contribution in [2.75, 3.05) is 5.32 Å². The van der Waals surface area contributed by atoms with Gasteiger partial charge in [0.05, 0.1) is 6.04 Å². The number of rotatable bonds is 3. The van der Waals surface area contributed by atoms with Crippen molar-refractivity contribution >= 4 is 39.3 Å². The van der Waals surface area contributed by atoms with Crippen molar-refractivity contribution in [3.63, 3.8) is 0 Å². The molecule has 0 aliphatic carbocycles. The van der Waals surface area contributed by atoms with Crippen LogP contribution in [0.5, 0.6) is 0 Å². The molecule has 0 fully saturated rings. The van der Waals surface area contributed by atoms with Crippen molar-refractivity contribution in [3.8, 4) is 0 Å². The Kier molecular flexibility index (Phi) is 4.30. The molecule has 0 aliphatic rings. The van der Waals surface area contributed by atoms with Crippen molar-refractivity contribution < 1.29 is 18.4 Å². The number of thiazole rings is 1. The number of hydrogen-bond donors (Lipinski definition) is 2. The molecule has 3 aromatic rings. The lowest BCUT2D eigenvalue weighted by atomic mass is 10.1. The number of furan rings is 1. The zero-order valence-corrected chi connectivity index (χ0v) is 13.7. The maximum Gasteiger partial charge on any atom is 0.315 e. The maximum absolute atomic E-state index is 13.4. The molecule has 124 valence electrons. The first-order chi connectivity index (χ1) is 11.5. The predicted molar refractivity (Wildman–Crippen MR) is 88.2 cm³/mol. The van der Waals surface area contributed by atoms with Crippen LogP contribution in [0.2, 0.25) is 0 Å². The molecule has 24 heavy (non-hydrogen) atoms. The molecule has 0 spiro atoms.